The molecule has 1 atom stereocenters. The molecule has 1 fully saturated rings. The molecule has 0 bridgehead atoms. The van der Waals surface area contributed by atoms with Gasteiger partial charge in [-0.05, 0) is 34.5 Å². The molecule has 1 saturated heterocycles. The lowest BCUT2D eigenvalue weighted by molar-refractivity contribution is -0.122. The monoisotopic (exact) mass is 394 g/mol. The molecule has 3 rings (SSSR count). The van der Waals surface area contributed by atoms with Gasteiger partial charge in [0.05, 0.1) is 11.6 Å². The van der Waals surface area contributed by atoms with Crippen molar-refractivity contribution in [1.82, 2.24) is 10.2 Å². The highest BCUT2D eigenvalue weighted by Gasteiger charge is 2.36. The zero-order valence-electron chi connectivity index (χ0n) is 12.5. The van der Waals surface area contributed by atoms with E-state index in [1.165, 1.54) is 11.3 Å². The van der Waals surface area contributed by atoms with E-state index in [0.717, 1.165) is 21.6 Å². The van der Waals surface area contributed by atoms with Gasteiger partial charge in [-0.3, -0.25) is 9.59 Å². The summed E-state index contributed by atoms with van der Waals surface area (Å²) in [5, 5.41) is 12.0. The quantitative estimate of drug-likeness (QED) is 0.864. The van der Waals surface area contributed by atoms with Crippen LogP contribution in [0.2, 0.25) is 0 Å². The first-order chi connectivity index (χ1) is 11.1. The van der Waals surface area contributed by atoms with Gasteiger partial charge in [0, 0.05) is 17.4 Å². The van der Waals surface area contributed by atoms with Gasteiger partial charge in [0.15, 0.2) is 0 Å². The third kappa shape index (κ3) is 3.42. The third-order valence-electron chi connectivity index (χ3n) is 3.64. The Hall–Kier alpha value is -1.80. The number of anilines is 2. The maximum atomic E-state index is 12.4. The van der Waals surface area contributed by atoms with Gasteiger partial charge < -0.3 is 10.2 Å². The maximum Gasteiger partial charge on any atom is 0.231 e. The van der Waals surface area contributed by atoms with Gasteiger partial charge in [-0.2, -0.15) is 0 Å². The predicted octanol–water partition coefficient (Wildman–Crippen LogP) is 2.85. The summed E-state index contributed by atoms with van der Waals surface area (Å²) in [5.74, 6) is -0.626. The summed E-state index contributed by atoms with van der Waals surface area (Å²) in [5.41, 5.74) is 0.789. The lowest BCUT2D eigenvalue weighted by Gasteiger charge is -2.18. The maximum absolute atomic E-state index is 12.4. The number of hydrogen-bond acceptors (Lipinski definition) is 5. The third-order valence-corrected chi connectivity index (χ3v) is 5.29. The Kier molecular flexibility index (Phi) is 4.72. The second kappa shape index (κ2) is 6.76. The lowest BCUT2D eigenvalue weighted by Crippen LogP contribution is -2.28. The average Bonchev–Trinajstić information content (AvgIpc) is 3.14. The van der Waals surface area contributed by atoms with Gasteiger partial charge >= 0.3 is 0 Å². The Morgan fingerprint density at radius 1 is 1.43 bits per heavy atom. The highest BCUT2D eigenvalue weighted by molar-refractivity contribution is 9.10. The molecule has 23 heavy (non-hydrogen) atoms. The summed E-state index contributed by atoms with van der Waals surface area (Å²) in [4.78, 5) is 26.2. The van der Waals surface area contributed by atoms with Crippen molar-refractivity contribution >= 4 is 49.9 Å². The molecule has 0 saturated carbocycles. The second-order valence-corrected chi connectivity index (χ2v) is 7.12. The summed E-state index contributed by atoms with van der Waals surface area (Å²) in [6.45, 7) is 2.35. The molecule has 1 aliphatic rings. The van der Waals surface area contributed by atoms with Crippen LogP contribution in [-0.2, 0) is 16.0 Å². The number of halogens is 1. The van der Waals surface area contributed by atoms with Crippen molar-refractivity contribution < 1.29 is 9.59 Å². The first-order valence-electron chi connectivity index (χ1n) is 7.26. The summed E-state index contributed by atoms with van der Waals surface area (Å²) in [6, 6.07) is 7.50. The van der Waals surface area contributed by atoms with E-state index < -0.39 is 0 Å². The van der Waals surface area contributed by atoms with Crippen LogP contribution in [0.25, 0.3) is 0 Å². The number of carbonyl (C=O) groups is 2. The van der Waals surface area contributed by atoms with E-state index in [2.05, 4.69) is 31.4 Å². The Balaban J connectivity index is 1.69. The first kappa shape index (κ1) is 16.1. The number of aryl methyl sites for hydroxylation is 1. The molecule has 2 aromatic rings. The molecule has 120 valence electrons. The van der Waals surface area contributed by atoms with E-state index in [1.54, 1.807) is 4.90 Å². The molecule has 1 aromatic heterocycles. The van der Waals surface area contributed by atoms with Crippen LogP contribution in [0.4, 0.5) is 10.8 Å². The molecular weight excluding hydrogens is 380 g/mol. The highest BCUT2D eigenvalue weighted by Crippen LogP contribution is 2.31. The fourth-order valence-electron chi connectivity index (χ4n) is 2.44. The number of nitrogens with one attached hydrogen (secondary N) is 1. The minimum absolute atomic E-state index is 0.0523. The number of benzene rings is 1. The minimum Gasteiger partial charge on any atom is -0.310 e. The molecule has 1 N–H and O–H groups in total. The molecule has 8 heteroatoms. The minimum atomic E-state index is -0.386. The predicted molar refractivity (Wildman–Crippen MR) is 92.5 cm³/mol. The van der Waals surface area contributed by atoms with Crippen LogP contribution in [0.5, 0.6) is 0 Å². The van der Waals surface area contributed by atoms with Crippen molar-refractivity contribution in [2.45, 2.75) is 19.8 Å². The van der Waals surface area contributed by atoms with Gasteiger partial charge in [-0.1, -0.05) is 30.4 Å². The van der Waals surface area contributed by atoms with E-state index in [-0.39, 0.29) is 24.2 Å². The van der Waals surface area contributed by atoms with Gasteiger partial charge in [0.25, 0.3) is 0 Å². The smallest absolute Gasteiger partial charge is 0.231 e. The first-order valence-corrected chi connectivity index (χ1v) is 8.87. The Bertz CT molecular complexity index is 749. The molecule has 1 aliphatic heterocycles. The van der Waals surface area contributed by atoms with Gasteiger partial charge in [0.2, 0.25) is 16.9 Å². The van der Waals surface area contributed by atoms with Crippen molar-refractivity contribution in [3.8, 4) is 0 Å². The summed E-state index contributed by atoms with van der Waals surface area (Å²) >= 11 is 4.80. The van der Waals surface area contributed by atoms with Gasteiger partial charge in [-0.15, -0.1) is 10.2 Å². The summed E-state index contributed by atoms with van der Waals surface area (Å²) < 4.78 is 0.839. The SMILES string of the molecule is CCc1nnc(NC(=O)C2CC(=O)N(c3ccccc3Br)C2)s1. The number of carbonyl (C=O) groups excluding carboxylic acids is 2. The fourth-order valence-corrected chi connectivity index (χ4v) is 3.62. The largest absolute Gasteiger partial charge is 0.310 e. The Morgan fingerprint density at radius 3 is 2.91 bits per heavy atom. The standard InChI is InChI=1S/C15H15BrN4O2S/c1-2-12-18-19-15(23-12)17-14(22)9-7-13(21)20(8-9)11-6-4-3-5-10(11)16/h3-6,9H,2,7-8H2,1H3,(H,17,19,22). The second-order valence-electron chi connectivity index (χ2n) is 5.20. The van der Waals surface area contributed by atoms with Crippen molar-refractivity contribution in [2.75, 3.05) is 16.8 Å². The zero-order valence-corrected chi connectivity index (χ0v) is 14.9. The van der Waals surface area contributed by atoms with E-state index in [9.17, 15) is 9.59 Å². The van der Waals surface area contributed by atoms with Crippen LogP contribution in [0.15, 0.2) is 28.7 Å². The molecule has 2 amide bonds. The number of amides is 2. The molecule has 0 spiro atoms. The molecular formula is C15H15BrN4O2S. The number of rotatable bonds is 4. The number of hydrogen-bond donors (Lipinski definition) is 1. The van der Waals surface area contributed by atoms with Crippen LogP contribution in [0.3, 0.4) is 0 Å². The Labute approximate surface area is 146 Å². The number of nitrogens with zero attached hydrogens (tertiary/aromatic N) is 3. The number of para-hydroxylation sites is 1. The molecule has 1 aromatic carbocycles. The molecule has 0 radical (unpaired) electrons. The topological polar surface area (TPSA) is 75.2 Å². The van der Waals surface area contributed by atoms with E-state index in [1.807, 2.05) is 31.2 Å². The van der Waals surface area contributed by atoms with Crippen molar-refractivity contribution in [2.24, 2.45) is 5.92 Å². The van der Waals surface area contributed by atoms with Crippen LogP contribution >= 0.6 is 27.3 Å². The normalized spacial score (nSPS) is 17.6. The van der Waals surface area contributed by atoms with E-state index >= 15 is 0 Å². The molecule has 2 heterocycles. The van der Waals surface area contributed by atoms with Crippen LogP contribution in [-0.4, -0.2) is 28.6 Å². The van der Waals surface area contributed by atoms with Crippen LogP contribution < -0.4 is 10.2 Å². The van der Waals surface area contributed by atoms with E-state index in [4.69, 9.17) is 0 Å². The van der Waals surface area contributed by atoms with E-state index in [0.29, 0.717) is 11.7 Å². The van der Waals surface area contributed by atoms with Crippen molar-refractivity contribution in [1.29, 1.82) is 0 Å². The number of aromatic nitrogens is 2. The zero-order chi connectivity index (χ0) is 16.4. The van der Waals surface area contributed by atoms with Gasteiger partial charge in [0.1, 0.15) is 5.01 Å². The van der Waals surface area contributed by atoms with Crippen molar-refractivity contribution in [3.05, 3.63) is 33.7 Å². The fraction of sp³-hybridized carbons (Fsp3) is 0.333. The summed E-state index contributed by atoms with van der Waals surface area (Å²) in [7, 11) is 0. The van der Waals surface area contributed by atoms with Crippen LogP contribution in [0.1, 0.15) is 18.4 Å². The molecule has 1 unspecified atom stereocenters. The summed E-state index contributed by atoms with van der Waals surface area (Å²) in [6.07, 6.45) is 0.984. The van der Waals surface area contributed by atoms with Gasteiger partial charge in [-0.25, -0.2) is 0 Å². The van der Waals surface area contributed by atoms with Crippen molar-refractivity contribution in [3.63, 3.8) is 0 Å². The molecule has 6 nitrogen and oxygen atoms in total. The lowest BCUT2D eigenvalue weighted by atomic mass is 10.1. The highest BCUT2D eigenvalue weighted by atomic mass is 79.9. The molecule has 0 aliphatic carbocycles. The Morgan fingerprint density at radius 2 is 2.22 bits per heavy atom. The average molecular weight is 395 g/mol. The van der Waals surface area contributed by atoms with Crippen LogP contribution in [0, 0.1) is 5.92 Å².